The van der Waals surface area contributed by atoms with Crippen molar-refractivity contribution < 1.29 is 9.18 Å². The third-order valence-corrected chi connectivity index (χ3v) is 3.86. The quantitative estimate of drug-likeness (QED) is 0.868. The molecule has 4 nitrogen and oxygen atoms in total. The summed E-state index contributed by atoms with van der Waals surface area (Å²) in [6, 6.07) is 6.51. The molecule has 20 heavy (non-hydrogen) atoms. The lowest BCUT2D eigenvalue weighted by Crippen LogP contribution is -2.59. The van der Waals surface area contributed by atoms with Crippen LogP contribution in [0, 0.1) is 5.82 Å². The molecule has 1 aliphatic rings. The van der Waals surface area contributed by atoms with Gasteiger partial charge in [-0.15, -0.1) is 0 Å². The highest BCUT2D eigenvalue weighted by molar-refractivity contribution is 5.85. The maximum atomic E-state index is 13.5. The van der Waals surface area contributed by atoms with Crippen LogP contribution in [0.15, 0.2) is 24.3 Å². The molecule has 110 valence electrons. The number of piperazine rings is 1. The molecule has 1 heterocycles. The SMILES string of the molecule is CC(C)(C(=O)NCc1ccccc1F)N1CCNCC1. The summed E-state index contributed by atoms with van der Waals surface area (Å²) in [7, 11) is 0. The Labute approximate surface area is 119 Å². The van der Waals surface area contributed by atoms with E-state index in [-0.39, 0.29) is 18.3 Å². The molecule has 2 N–H and O–H groups in total. The predicted molar refractivity (Wildman–Crippen MR) is 76.8 cm³/mol. The van der Waals surface area contributed by atoms with E-state index in [0.29, 0.717) is 5.56 Å². The van der Waals surface area contributed by atoms with Crippen molar-refractivity contribution in [2.45, 2.75) is 25.9 Å². The third kappa shape index (κ3) is 3.35. The third-order valence-electron chi connectivity index (χ3n) is 3.86. The first-order chi connectivity index (χ1) is 9.51. The highest BCUT2D eigenvalue weighted by Gasteiger charge is 2.34. The van der Waals surface area contributed by atoms with E-state index < -0.39 is 5.54 Å². The fourth-order valence-corrected chi connectivity index (χ4v) is 2.40. The molecule has 0 spiro atoms. The first kappa shape index (κ1) is 14.9. The van der Waals surface area contributed by atoms with Crippen LogP contribution in [0.1, 0.15) is 19.4 Å². The van der Waals surface area contributed by atoms with Crippen molar-refractivity contribution in [3.8, 4) is 0 Å². The van der Waals surface area contributed by atoms with Gasteiger partial charge in [0.2, 0.25) is 5.91 Å². The highest BCUT2D eigenvalue weighted by Crippen LogP contribution is 2.16. The van der Waals surface area contributed by atoms with Crippen LogP contribution >= 0.6 is 0 Å². The smallest absolute Gasteiger partial charge is 0.240 e. The monoisotopic (exact) mass is 279 g/mol. The molecule has 2 rings (SSSR count). The van der Waals surface area contributed by atoms with Gasteiger partial charge >= 0.3 is 0 Å². The Morgan fingerprint density at radius 2 is 2.00 bits per heavy atom. The predicted octanol–water partition coefficient (Wildman–Crippen LogP) is 1.13. The zero-order chi connectivity index (χ0) is 14.6. The summed E-state index contributed by atoms with van der Waals surface area (Å²) in [5.41, 5.74) is -0.0650. The number of benzene rings is 1. The van der Waals surface area contributed by atoms with Crippen molar-refractivity contribution in [1.82, 2.24) is 15.5 Å². The van der Waals surface area contributed by atoms with Gasteiger partial charge in [-0.25, -0.2) is 4.39 Å². The fraction of sp³-hybridized carbons (Fsp3) is 0.533. The number of amides is 1. The van der Waals surface area contributed by atoms with Gasteiger partial charge in [0.25, 0.3) is 0 Å². The van der Waals surface area contributed by atoms with E-state index in [0.717, 1.165) is 26.2 Å². The number of nitrogens with zero attached hydrogens (tertiary/aromatic N) is 1. The summed E-state index contributed by atoms with van der Waals surface area (Å²) in [4.78, 5) is 14.5. The Balaban J connectivity index is 1.95. The topological polar surface area (TPSA) is 44.4 Å². The van der Waals surface area contributed by atoms with Gasteiger partial charge in [-0.1, -0.05) is 18.2 Å². The van der Waals surface area contributed by atoms with E-state index in [9.17, 15) is 9.18 Å². The summed E-state index contributed by atoms with van der Waals surface area (Å²) >= 11 is 0. The van der Waals surface area contributed by atoms with E-state index in [1.54, 1.807) is 18.2 Å². The number of hydrogen-bond donors (Lipinski definition) is 2. The van der Waals surface area contributed by atoms with E-state index in [1.165, 1.54) is 6.07 Å². The Morgan fingerprint density at radius 3 is 2.65 bits per heavy atom. The number of hydrogen-bond acceptors (Lipinski definition) is 3. The minimum atomic E-state index is -0.576. The normalized spacial score (nSPS) is 16.9. The second kappa shape index (κ2) is 6.33. The van der Waals surface area contributed by atoms with Gasteiger partial charge in [-0.2, -0.15) is 0 Å². The Bertz CT molecular complexity index is 470. The standard InChI is InChI=1S/C15H22FN3O/c1-15(2,19-9-7-17-8-10-19)14(20)18-11-12-5-3-4-6-13(12)16/h3-6,17H,7-11H2,1-2H3,(H,18,20). The lowest BCUT2D eigenvalue weighted by atomic mass is 10.0. The molecule has 1 aromatic carbocycles. The van der Waals surface area contributed by atoms with Crippen molar-refractivity contribution in [1.29, 1.82) is 0 Å². The molecule has 0 atom stereocenters. The number of nitrogens with one attached hydrogen (secondary N) is 2. The average Bonchev–Trinajstić information content (AvgIpc) is 2.47. The molecule has 5 heteroatoms. The van der Waals surface area contributed by atoms with Crippen LogP contribution in [0.5, 0.6) is 0 Å². The molecule has 1 saturated heterocycles. The molecule has 0 bridgehead atoms. The summed E-state index contributed by atoms with van der Waals surface area (Å²) in [6.45, 7) is 7.53. The first-order valence-corrected chi connectivity index (χ1v) is 6.99. The van der Waals surface area contributed by atoms with Crippen molar-refractivity contribution in [3.05, 3.63) is 35.6 Å². The summed E-state index contributed by atoms with van der Waals surface area (Å²) in [5.74, 6) is -0.351. The molecule has 1 fully saturated rings. The maximum absolute atomic E-state index is 13.5. The Kier molecular flexibility index (Phi) is 4.73. The van der Waals surface area contributed by atoms with Gasteiger partial charge in [-0.3, -0.25) is 9.69 Å². The average molecular weight is 279 g/mol. The van der Waals surface area contributed by atoms with Crippen molar-refractivity contribution in [2.24, 2.45) is 0 Å². The van der Waals surface area contributed by atoms with Crippen LogP contribution < -0.4 is 10.6 Å². The Morgan fingerprint density at radius 1 is 1.35 bits per heavy atom. The van der Waals surface area contributed by atoms with Crippen LogP contribution in [0.4, 0.5) is 4.39 Å². The minimum absolute atomic E-state index is 0.0670. The van der Waals surface area contributed by atoms with E-state index in [1.807, 2.05) is 13.8 Å². The van der Waals surface area contributed by atoms with Gasteiger partial charge in [0.1, 0.15) is 5.82 Å². The highest BCUT2D eigenvalue weighted by atomic mass is 19.1. The van der Waals surface area contributed by atoms with Gasteiger partial charge in [0, 0.05) is 38.3 Å². The van der Waals surface area contributed by atoms with Gasteiger partial charge in [-0.05, 0) is 19.9 Å². The number of halogens is 1. The zero-order valence-corrected chi connectivity index (χ0v) is 12.1. The van der Waals surface area contributed by atoms with Crippen LogP contribution in [0.3, 0.4) is 0 Å². The lowest BCUT2D eigenvalue weighted by Gasteiger charge is -2.39. The number of rotatable bonds is 4. The van der Waals surface area contributed by atoms with E-state index >= 15 is 0 Å². The van der Waals surface area contributed by atoms with E-state index in [4.69, 9.17) is 0 Å². The molecule has 1 amide bonds. The maximum Gasteiger partial charge on any atom is 0.240 e. The van der Waals surface area contributed by atoms with Crippen LogP contribution in [0.2, 0.25) is 0 Å². The summed E-state index contributed by atoms with van der Waals surface area (Å²) < 4.78 is 13.5. The van der Waals surface area contributed by atoms with Crippen molar-refractivity contribution in [2.75, 3.05) is 26.2 Å². The molecule has 1 aromatic rings. The molecule has 0 saturated carbocycles. The Hall–Kier alpha value is -1.46. The number of carbonyl (C=O) groups excluding carboxylic acids is 1. The largest absolute Gasteiger partial charge is 0.350 e. The van der Waals surface area contributed by atoms with Gasteiger partial charge in [0.15, 0.2) is 0 Å². The van der Waals surface area contributed by atoms with Crippen LogP contribution in [-0.4, -0.2) is 42.5 Å². The van der Waals surface area contributed by atoms with Crippen molar-refractivity contribution in [3.63, 3.8) is 0 Å². The van der Waals surface area contributed by atoms with Crippen molar-refractivity contribution >= 4 is 5.91 Å². The molecule has 0 radical (unpaired) electrons. The molecule has 1 aliphatic heterocycles. The summed E-state index contributed by atoms with van der Waals surface area (Å²) in [5, 5.41) is 6.10. The van der Waals surface area contributed by atoms with Gasteiger partial charge in [0.05, 0.1) is 5.54 Å². The van der Waals surface area contributed by atoms with E-state index in [2.05, 4.69) is 15.5 Å². The second-order valence-corrected chi connectivity index (χ2v) is 5.57. The van der Waals surface area contributed by atoms with Crippen LogP contribution in [-0.2, 0) is 11.3 Å². The first-order valence-electron chi connectivity index (χ1n) is 6.99. The fourth-order valence-electron chi connectivity index (χ4n) is 2.40. The zero-order valence-electron chi connectivity index (χ0n) is 12.1. The molecular formula is C15H22FN3O. The molecular weight excluding hydrogens is 257 g/mol. The van der Waals surface area contributed by atoms with Crippen LogP contribution in [0.25, 0.3) is 0 Å². The second-order valence-electron chi connectivity index (χ2n) is 5.57. The molecule has 0 aromatic heterocycles. The molecule has 0 aliphatic carbocycles. The van der Waals surface area contributed by atoms with Gasteiger partial charge < -0.3 is 10.6 Å². The lowest BCUT2D eigenvalue weighted by molar-refractivity contribution is -0.132. The summed E-state index contributed by atoms with van der Waals surface area (Å²) in [6.07, 6.45) is 0. The molecule has 0 unspecified atom stereocenters. The number of carbonyl (C=O) groups is 1. The minimum Gasteiger partial charge on any atom is -0.350 e.